The van der Waals surface area contributed by atoms with Gasteiger partial charge in [-0.2, -0.15) is 0 Å². The lowest BCUT2D eigenvalue weighted by Crippen LogP contribution is -2.28. The van der Waals surface area contributed by atoms with Crippen LogP contribution in [0.4, 0.5) is 5.69 Å². The summed E-state index contributed by atoms with van der Waals surface area (Å²) < 4.78 is 5.25. The van der Waals surface area contributed by atoms with E-state index in [-0.39, 0.29) is 23.6 Å². The number of carbonyl (C=O) groups excluding carboxylic acids is 2. The number of nitrogens with one attached hydrogen (secondary N) is 1. The summed E-state index contributed by atoms with van der Waals surface area (Å²) in [5.74, 6) is 0.237. The number of aryl methyl sites for hydroxylation is 1. The Balaban J connectivity index is 1.79. The number of hydrogen-bond acceptors (Lipinski definition) is 4. The second kappa shape index (κ2) is 6.55. The maximum atomic E-state index is 12.5. The predicted octanol–water partition coefficient (Wildman–Crippen LogP) is 2.41. The number of amides is 2. The molecular weight excluding hydrogens is 318 g/mol. The highest BCUT2D eigenvalue weighted by Crippen LogP contribution is 2.30. The van der Waals surface area contributed by atoms with Crippen LogP contribution in [0.5, 0.6) is 5.75 Å². The normalized spacial score (nSPS) is 14.2. The summed E-state index contributed by atoms with van der Waals surface area (Å²) in [6, 6.07) is 7.39. The summed E-state index contributed by atoms with van der Waals surface area (Å²) in [5.41, 5.74) is 4.04. The minimum absolute atomic E-state index is 0.0810. The monoisotopic (exact) mass is 339 g/mol. The number of hydrogen-bond donors (Lipinski definition) is 1. The number of nitrogens with zero attached hydrogens (tertiary/aromatic N) is 2. The van der Waals surface area contributed by atoms with E-state index in [0.29, 0.717) is 12.2 Å². The molecule has 25 heavy (non-hydrogen) atoms. The third-order valence-corrected chi connectivity index (χ3v) is 4.45. The number of ether oxygens (including phenoxy) is 1. The van der Waals surface area contributed by atoms with Gasteiger partial charge in [0.25, 0.3) is 5.91 Å². The SMILES string of the molecule is COc1cc(C)cnc1C(=O)NC(C)c1ccc2c(c1)CC(=O)N2C. The summed E-state index contributed by atoms with van der Waals surface area (Å²) in [5, 5.41) is 2.94. The molecule has 1 aliphatic heterocycles. The molecular formula is C19H21N3O3. The van der Waals surface area contributed by atoms with Gasteiger partial charge >= 0.3 is 0 Å². The lowest BCUT2D eigenvalue weighted by molar-refractivity contribution is -0.117. The Labute approximate surface area is 146 Å². The highest BCUT2D eigenvalue weighted by Gasteiger charge is 2.25. The largest absolute Gasteiger partial charge is 0.494 e. The molecule has 0 saturated carbocycles. The number of aromatic nitrogens is 1. The van der Waals surface area contributed by atoms with Gasteiger partial charge in [0.2, 0.25) is 5.91 Å². The summed E-state index contributed by atoms with van der Waals surface area (Å²) in [6.07, 6.45) is 2.03. The number of methoxy groups -OCH3 is 1. The molecule has 1 aliphatic rings. The fourth-order valence-electron chi connectivity index (χ4n) is 2.98. The molecule has 0 spiro atoms. The molecule has 1 atom stereocenters. The molecule has 6 nitrogen and oxygen atoms in total. The van der Waals surface area contributed by atoms with Crippen LogP contribution in [0, 0.1) is 6.92 Å². The van der Waals surface area contributed by atoms with Crippen molar-refractivity contribution >= 4 is 17.5 Å². The molecule has 1 N–H and O–H groups in total. The molecule has 130 valence electrons. The number of fused-ring (bicyclic) bond motifs is 1. The first kappa shape index (κ1) is 17.0. The number of anilines is 1. The Kier molecular flexibility index (Phi) is 4.44. The maximum absolute atomic E-state index is 12.5. The molecule has 0 saturated heterocycles. The summed E-state index contributed by atoms with van der Waals surface area (Å²) in [6.45, 7) is 3.80. The number of carbonyl (C=O) groups is 2. The molecule has 1 aromatic carbocycles. The van der Waals surface area contributed by atoms with Crippen LogP contribution in [0.15, 0.2) is 30.5 Å². The predicted molar refractivity (Wildman–Crippen MR) is 95.0 cm³/mol. The first-order valence-electron chi connectivity index (χ1n) is 8.11. The summed E-state index contributed by atoms with van der Waals surface area (Å²) >= 11 is 0. The van der Waals surface area contributed by atoms with Crippen molar-refractivity contribution in [1.29, 1.82) is 0 Å². The molecule has 0 fully saturated rings. The van der Waals surface area contributed by atoms with Gasteiger partial charge in [-0.15, -0.1) is 0 Å². The molecule has 2 aromatic rings. The molecule has 1 unspecified atom stereocenters. The first-order valence-corrected chi connectivity index (χ1v) is 8.11. The van der Waals surface area contributed by atoms with Gasteiger partial charge in [-0.3, -0.25) is 9.59 Å². The van der Waals surface area contributed by atoms with E-state index in [9.17, 15) is 9.59 Å². The van der Waals surface area contributed by atoms with E-state index < -0.39 is 0 Å². The van der Waals surface area contributed by atoms with Crippen LogP contribution < -0.4 is 15.0 Å². The topological polar surface area (TPSA) is 71.5 Å². The Morgan fingerprint density at radius 2 is 2.12 bits per heavy atom. The summed E-state index contributed by atoms with van der Waals surface area (Å²) in [7, 11) is 3.29. The smallest absolute Gasteiger partial charge is 0.274 e. The van der Waals surface area contributed by atoms with Gasteiger partial charge in [0, 0.05) is 18.9 Å². The average molecular weight is 339 g/mol. The Hall–Kier alpha value is -2.89. The van der Waals surface area contributed by atoms with Gasteiger partial charge in [-0.25, -0.2) is 4.98 Å². The molecule has 0 radical (unpaired) electrons. The van der Waals surface area contributed by atoms with E-state index in [4.69, 9.17) is 4.74 Å². The zero-order valence-electron chi connectivity index (χ0n) is 14.8. The highest BCUT2D eigenvalue weighted by atomic mass is 16.5. The van der Waals surface area contributed by atoms with E-state index in [2.05, 4.69) is 10.3 Å². The lowest BCUT2D eigenvalue weighted by Gasteiger charge is -2.17. The molecule has 0 bridgehead atoms. The maximum Gasteiger partial charge on any atom is 0.274 e. The molecule has 2 heterocycles. The number of likely N-dealkylation sites (N-methyl/N-ethyl adjacent to an activating group) is 1. The van der Waals surface area contributed by atoms with Crippen molar-refractivity contribution in [2.75, 3.05) is 19.1 Å². The van der Waals surface area contributed by atoms with Crippen LogP contribution in [0.2, 0.25) is 0 Å². The van der Waals surface area contributed by atoms with Crippen molar-refractivity contribution in [1.82, 2.24) is 10.3 Å². The van der Waals surface area contributed by atoms with Crippen LogP contribution in [0.1, 0.15) is 40.1 Å². The van der Waals surface area contributed by atoms with Crippen LogP contribution in [0.25, 0.3) is 0 Å². The quantitative estimate of drug-likeness (QED) is 0.928. The van der Waals surface area contributed by atoms with Crippen molar-refractivity contribution in [3.63, 3.8) is 0 Å². The zero-order chi connectivity index (χ0) is 18.1. The van der Waals surface area contributed by atoms with Crippen molar-refractivity contribution < 1.29 is 14.3 Å². The summed E-state index contributed by atoms with van der Waals surface area (Å²) in [4.78, 5) is 30.2. The number of rotatable bonds is 4. The van der Waals surface area contributed by atoms with E-state index >= 15 is 0 Å². The van der Waals surface area contributed by atoms with E-state index in [1.165, 1.54) is 7.11 Å². The van der Waals surface area contributed by atoms with Crippen molar-refractivity contribution in [2.24, 2.45) is 0 Å². The van der Waals surface area contributed by atoms with Crippen LogP contribution >= 0.6 is 0 Å². The standard InChI is InChI=1S/C19H21N3O3/c1-11-7-16(25-4)18(20-10-11)19(24)21-12(2)13-5-6-15-14(8-13)9-17(23)22(15)3/h5-8,10,12H,9H2,1-4H3,(H,21,24). The lowest BCUT2D eigenvalue weighted by atomic mass is 10.0. The van der Waals surface area contributed by atoms with E-state index in [0.717, 1.165) is 22.4 Å². The Bertz CT molecular complexity index is 848. The van der Waals surface area contributed by atoms with Crippen LogP contribution in [0.3, 0.4) is 0 Å². The zero-order valence-corrected chi connectivity index (χ0v) is 14.8. The van der Waals surface area contributed by atoms with Gasteiger partial charge in [-0.05, 0) is 42.7 Å². The average Bonchev–Trinajstić information content (AvgIpc) is 2.88. The van der Waals surface area contributed by atoms with Gasteiger partial charge in [0.05, 0.1) is 19.6 Å². The number of benzene rings is 1. The van der Waals surface area contributed by atoms with Crippen molar-refractivity contribution in [2.45, 2.75) is 26.3 Å². The van der Waals surface area contributed by atoms with Crippen LogP contribution in [-0.4, -0.2) is 31.0 Å². The minimum Gasteiger partial charge on any atom is -0.494 e. The third-order valence-electron chi connectivity index (χ3n) is 4.45. The minimum atomic E-state index is -0.293. The molecule has 3 rings (SSSR count). The number of pyridine rings is 1. The fraction of sp³-hybridized carbons (Fsp3) is 0.316. The second-order valence-corrected chi connectivity index (χ2v) is 6.28. The molecule has 1 aromatic heterocycles. The van der Waals surface area contributed by atoms with Gasteiger partial charge in [0.1, 0.15) is 5.75 Å². The van der Waals surface area contributed by atoms with Gasteiger partial charge < -0.3 is 15.0 Å². The first-order chi connectivity index (χ1) is 11.9. The molecule has 0 aliphatic carbocycles. The Morgan fingerprint density at radius 3 is 2.84 bits per heavy atom. The molecule has 6 heteroatoms. The van der Waals surface area contributed by atoms with Crippen molar-refractivity contribution in [3.8, 4) is 5.75 Å². The fourth-order valence-corrected chi connectivity index (χ4v) is 2.98. The van der Waals surface area contributed by atoms with Gasteiger partial charge in [-0.1, -0.05) is 12.1 Å². The molecule has 2 amide bonds. The third kappa shape index (κ3) is 3.20. The highest BCUT2D eigenvalue weighted by molar-refractivity contribution is 6.01. The van der Waals surface area contributed by atoms with Crippen molar-refractivity contribution in [3.05, 3.63) is 52.8 Å². The van der Waals surface area contributed by atoms with Gasteiger partial charge in [0.15, 0.2) is 5.69 Å². The van der Waals surface area contributed by atoms with E-state index in [1.54, 1.807) is 24.2 Å². The second-order valence-electron chi connectivity index (χ2n) is 6.28. The van der Waals surface area contributed by atoms with Crippen LogP contribution in [-0.2, 0) is 11.2 Å². The Morgan fingerprint density at radius 1 is 1.36 bits per heavy atom. The van der Waals surface area contributed by atoms with E-state index in [1.807, 2.05) is 32.0 Å².